The van der Waals surface area contributed by atoms with Crippen LogP contribution in [-0.4, -0.2) is 67.9 Å². The molecule has 0 fully saturated rings. The van der Waals surface area contributed by atoms with Gasteiger partial charge < -0.3 is 26.6 Å². The third-order valence-corrected chi connectivity index (χ3v) is 7.55. The monoisotopic (exact) mass is 651 g/mol. The van der Waals surface area contributed by atoms with E-state index in [1.165, 1.54) is 64.6 Å². The van der Waals surface area contributed by atoms with E-state index in [-0.39, 0.29) is 24.5 Å². The van der Waals surface area contributed by atoms with Crippen molar-refractivity contribution in [3.05, 3.63) is 54.6 Å². The summed E-state index contributed by atoms with van der Waals surface area (Å²) in [4.78, 5) is 87.0. The summed E-state index contributed by atoms with van der Waals surface area (Å²) in [6.07, 6.45) is 6.03. The normalized spacial score (nSPS) is 12.8. The van der Waals surface area contributed by atoms with E-state index in [1.54, 1.807) is 39.8 Å². The standard InChI is InChI=1S/C34H49N7O6/c1-21(2)19-24(27(44)40-34(9,10)30(47)41-33(7,8)29(46)37-23-13-17-36-18-14-23)38-28(45)31(3,4)20-25(42)32(5,6)39-26(43)22-11-15-35-16-12-22/h11-18,21,24H,19-20H2,1-10H3,(H,38,45)(H,39,43)(H,40,44)(H,41,47)(H,36,37,46)/t24-/m0/s1. The second kappa shape index (κ2) is 15.3. The molecule has 5 amide bonds. The average Bonchev–Trinajstić information content (AvgIpc) is 2.96. The van der Waals surface area contributed by atoms with Gasteiger partial charge in [-0.2, -0.15) is 0 Å². The Kier molecular flexibility index (Phi) is 12.5. The second-order valence-electron chi connectivity index (χ2n) is 14.3. The van der Waals surface area contributed by atoms with Crippen molar-refractivity contribution >= 4 is 41.0 Å². The Morgan fingerprint density at radius 2 is 1.17 bits per heavy atom. The highest BCUT2D eigenvalue weighted by atomic mass is 16.2. The summed E-state index contributed by atoms with van der Waals surface area (Å²) in [7, 11) is 0. The molecular weight excluding hydrogens is 602 g/mol. The summed E-state index contributed by atoms with van der Waals surface area (Å²) in [6, 6.07) is 5.26. The van der Waals surface area contributed by atoms with Gasteiger partial charge in [-0.25, -0.2) is 0 Å². The van der Waals surface area contributed by atoms with Gasteiger partial charge >= 0.3 is 0 Å². The number of nitrogens with zero attached hydrogens (tertiary/aromatic N) is 2. The zero-order chi connectivity index (χ0) is 35.8. The minimum Gasteiger partial charge on any atom is -0.344 e. The average molecular weight is 652 g/mol. The van der Waals surface area contributed by atoms with Crippen LogP contribution in [0.5, 0.6) is 0 Å². The van der Waals surface area contributed by atoms with Crippen LogP contribution in [0.2, 0.25) is 0 Å². The van der Waals surface area contributed by atoms with Crippen molar-refractivity contribution in [3.63, 3.8) is 0 Å². The van der Waals surface area contributed by atoms with Gasteiger partial charge in [-0.05, 0) is 78.1 Å². The van der Waals surface area contributed by atoms with Gasteiger partial charge in [0.25, 0.3) is 5.91 Å². The SMILES string of the molecule is CC(C)C[C@H](NC(=O)C(C)(C)CC(=O)C(C)(C)NC(=O)c1ccncc1)C(=O)NC(C)(C)C(=O)NC(C)(C)C(=O)Nc1ccncc1. The number of pyridine rings is 2. The summed E-state index contributed by atoms with van der Waals surface area (Å²) in [5.74, 6) is -3.06. The smallest absolute Gasteiger partial charge is 0.252 e. The van der Waals surface area contributed by atoms with Gasteiger partial charge in [0.15, 0.2) is 5.78 Å². The predicted molar refractivity (Wildman–Crippen MR) is 178 cm³/mol. The van der Waals surface area contributed by atoms with Crippen molar-refractivity contribution < 1.29 is 28.8 Å². The zero-order valence-electron chi connectivity index (χ0n) is 29.0. The number of anilines is 1. The Balaban J connectivity index is 2.09. The van der Waals surface area contributed by atoms with Crippen molar-refractivity contribution in [2.24, 2.45) is 11.3 Å². The first-order valence-corrected chi connectivity index (χ1v) is 15.5. The highest BCUT2D eigenvalue weighted by Gasteiger charge is 2.41. The molecule has 2 rings (SSSR count). The van der Waals surface area contributed by atoms with Gasteiger partial charge in [-0.3, -0.25) is 38.7 Å². The lowest BCUT2D eigenvalue weighted by Gasteiger charge is -2.34. The molecule has 2 heterocycles. The number of Topliss-reactive ketones (excluding diaryl/α,β-unsaturated/α-hetero) is 1. The number of ketones is 1. The van der Waals surface area contributed by atoms with Gasteiger partial charge in [0, 0.05) is 42.5 Å². The summed E-state index contributed by atoms with van der Waals surface area (Å²) in [5.41, 5.74) is -4.48. The molecule has 13 nitrogen and oxygen atoms in total. The highest BCUT2D eigenvalue weighted by Crippen LogP contribution is 2.25. The van der Waals surface area contributed by atoms with Crippen molar-refractivity contribution in [3.8, 4) is 0 Å². The quantitative estimate of drug-likeness (QED) is 0.194. The molecule has 0 aliphatic carbocycles. The van der Waals surface area contributed by atoms with E-state index in [9.17, 15) is 28.8 Å². The summed E-state index contributed by atoms with van der Waals surface area (Å²) in [5, 5.41) is 13.6. The molecule has 0 radical (unpaired) electrons. The lowest BCUT2D eigenvalue weighted by atomic mass is 9.80. The number of rotatable bonds is 15. The minimum atomic E-state index is -1.46. The fourth-order valence-electron chi connectivity index (χ4n) is 4.36. The van der Waals surface area contributed by atoms with E-state index in [1.807, 2.05) is 13.8 Å². The molecule has 0 aliphatic rings. The molecule has 47 heavy (non-hydrogen) atoms. The molecule has 0 bridgehead atoms. The van der Waals surface area contributed by atoms with Crippen LogP contribution in [0.15, 0.2) is 49.1 Å². The van der Waals surface area contributed by atoms with E-state index in [4.69, 9.17) is 0 Å². The molecule has 0 saturated heterocycles. The maximum Gasteiger partial charge on any atom is 0.252 e. The molecule has 256 valence electrons. The maximum absolute atomic E-state index is 13.5. The number of hydrogen-bond donors (Lipinski definition) is 5. The van der Waals surface area contributed by atoms with Gasteiger partial charge in [0.05, 0.1) is 11.0 Å². The van der Waals surface area contributed by atoms with Crippen molar-refractivity contribution in [2.45, 2.75) is 105 Å². The molecule has 5 N–H and O–H groups in total. The molecule has 13 heteroatoms. The van der Waals surface area contributed by atoms with Crippen LogP contribution < -0.4 is 26.6 Å². The van der Waals surface area contributed by atoms with E-state index in [0.717, 1.165) is 0 Å². The van der Waals surface area contributed by atoms with Crippen LogP contribution in [-0.2, 0) is 24.0 Å². The van der Waals surface area contributed by atoms with Crippen LogP contribution in [0.1, 0.15) is 92.4 Å². The van der Waals surface area contributed by atoms with Crippen molar-refractivity contribution in [2.75, 3.05) is 5.32 Å². The van der Waals surface area contributed by atoms with E-state index in [0.29, 0.717) is 11.3 Å². The van der Waals surface area contributed by atoms with Gasteiger partial charge in [-0.1, -0.05) is 27.7 Å². The summed E-state index contributed by atoms with van der Waals surface area (Å²) >= 11 is 0. The van der Waals surface area contributed by atoms with Crippen LogP contribution in [0.25, 0.3) is 0 Å². The minimum absolute atomic E-state index is 0.00844. The fourth-order valence-corrected chi connectivity index (χ4v) is 4.36. The zero-order valence-corrected chi connectivity index (χ0v) is 29.0. The first-order chi connectivity index (χ1) is 21.6. The Hall–Kier alpha value is -4.68. The number of amides is 5. The van der Waals surface area contributed by atoms with Crippen LogP contribution >= 0.6 is 0 Å². The highest BCUT2D eigenvalue weighted by molar-refractivity contribution is 6.03. The van der Waals surface area contributed by atoms with E-state index in [2.05, 4.69) is 36.6 Å². The number of nitrogens with one attached hydrogen (secondary N) is 5. The Labute approximate surface area is 276 Å². The lowest BCUT2D eigenvalue weighted by molar-refractivity contribution is -0.140. The van der Waals surface area contributed by atoms with Crippen LogP contribution in [0.3, 0.4) is 0 Å². The Bertz CT molecular complexity index is 1450. The number of hydrogen-bond acceptors (Lipinski definition) is 8. The van der Waals surface area contributed by atoms with E-state index >= 15 is 0 Å². The number of carbonyl (C=O) groups excluding carboxylic acids is 6. The first kappa shape index (κ1) is 38.5. The summed E-state index contributed by atoms with van der Waals surface area (Å²) < 4.78 is 0. The molecular formula is C34H49N7O6. The maximum atomic E-state index is 13.5. The molecule has 0 spiro atoms. The lowest BCUT2D eigenvalue weighted by Crippen LogP contribution is -2.64. The predicted octanol–water partition coefficient (Wildman–Crippen LogP) is 2.93. The first-order valence-electron chi connectivity index (χ1n) is 15.5. The van der Waals surface area contributed by atoms with Gasteiger partial charge in [-0.15, -0.1) is 0 Å². The molecule has 0 aliphatic heterocycles. The molecule has 0 saturated carbocycles. The Morgan fingerprint density at radius 1 is 0.660 bits per heavy atom. The van der Waals surface area contributed by atoms with Gasteiger partial charge in [0.2, 0.25) is 23.6 Å². The topological polar surface area (TPSA) is 188 Å². The van der Waals surface area contributed by atoms with Crippen LogP contribution in [0, 0.1) is 11.3 Å². The largest absolute Gasteiger partial charge is 0.344 e. The molecule has 0 unspecified atom stereocenters. The van der Waals surface area contributed by atoms with Crippen LogP contribution in [0.4, 0.5) is 5.69 Å². The fraction of sp³-hybridized carbons (Fsp3) is 0.529. The van der Waals surface area contributed by atoms with Gasteiger partial charge in [0.1, 0.15) is 17.1 Å². The second-order valence-corrected chi connectivity index (χ2v) is 14.3. The molecule has 1 atom stereocenters. The molecule has 2 aromatic heterocycles. The third kappa shape index (κ3) is 11.3. The molecule has 2 aromatic rings. The van der Waals surface area contributed by atoms with Crippen molar-refractivity contribution in [1.29, 1.82) is 0 Å². The molecule has 0 aromatic carbocycles. The van der Waals surface area contributed by atoms with Crippen molar-refractivity contribution in [1.82, 2.24) is 31.2 Å². The third-order valence-electron chi connectivity index (χ3n) is 7.55. The number of carbonyl (C=O) groups is 6. The number of aromatic nitrogens is 2. The Morgan fingerprint density at radius 3 is 1.70 bits per heavy atom. The van der Waals surface area contributed by atoms with E-state index < -0.39 is 57.6 Å². The summed E-state index contributed by atoms with van der Waals surface area (Å²) in [6.45, 7) is 16.1.